The molecule has 4 aromatic rings. The molecule has 3 aromatic carbocycles. The van der Waals surface area contributed by atoms with Gasteiger partial charge in [-0.3, -0.25) is 9.17 Å². The van der Waals surface area contributed by atoms with Crippen molar-refractivity contribution in [1.82, 2.24) is 4.37 Å². The maximum absolute atomic E-state index is 11.7. The van der Waals surface area contributed by atoms with Crippen molar-refractivity contribution in [3.8, 4) is 33.1 Å². The molecule has 6 nitrogen and oxygen atoms in total. The number of nitrogens with one attached hydrogen (secondary N) is 1. The Hall–Kier alpha value is -3.36. The first-order chi connectivity index (χ1) is 18.2. The number of rotatable bonds is 7. The van der Waals surface area contributed by atoms with Crippen molar-refractivity contribution < 1.29 is 17.9 Å². The second-order valence-corrected chi connectivity index (χ2v) is 13.0. The molecule has 0 saturated carbocycles. The van der Waals surface area contributed by atoms with Gasteiger partial charge in [-0.25, -0.2) is 8.42 Å². The van der Waals surface area contributed by atoms with Crippen LogP contribution in [0.1, 0.15) is 35.1 Å². The van der Waals surface area contributed by atoms with Crippen LogP contribution < -0.4 is 15.0 Å². The van der Waals surface area contributed by atoms with E-state index in [-0.39, 0.29) is 23.2 Å². The standard InChI is InChI=1S/C30H31NO5S2/c1-19-15-26(36-25-11-13-38(33,34)14-12-25)16-20(2)30(19)27-6-4-5-23(21(27)3)18-35-24-9-7-22(8-10-24)28-17-29(32)31-37-28/h4-10,15-17,25H,11-14,18H2,1-3H3,(H,31,32). The lowest BCUT2D eigenvalue weighted by atomic mass is 9.90. The lowest BCUT2D eigenvalue weighted by molar-refractivity contribution is 0.189. The van der Waals surface area contributed by atoms with Crippen molar-refractivity contribution in [3.63, 3.8) is 0 Å². The molecule has 1 N–H and O–H groups in total. The normalized spacial score (nSPS) is 15.3. The van der Waals surface area contributed by atoms with Crippen LogP contribution in [0.25, 0.3) is 21.6 Å². The number of sulfone groups is 1. The van der Waals surface area contributed by atoms with E-state index < -0.39 is 9.84 Å². The lowest BCUT2D eigenvalue weighted by Crippen LogP contribution is -2.30. The minimum atomic E-state index is -2.91. The van der Waals surface area contributed by atoms with Gasteiger partial charge in [0.15, 0.2) is 9.84 Å². The summed E-state index contributed by atoms with van der Waals surface area (Å²) in [7, 11) is -2.91. The molecule has 1 aromatic heterocycles. The highest BCUT2D eigenvalue weighted by Crippen LogP contribution is 2.35. The Morgan fingerprint density at radius 2 is 1.61 bits per heavy atom. The summed E-state index contributed by atoms with van der Waals surface area (Å²) in [6.07, 6.45) is 1.02. The molecule has 0 radical (unpaired) electrons. The Balaban J connectivity index is 1.30. The molecule has 0 aliphatic carbocycles. The number of hydrogen-bond donors (Lipinski definition) is 1. The van der Waals surface area contributed by atoms with Crippen LogP contribution in [0.5, 0.6) is 11.5 Å². The van der Waals surface area contributed by atoms with Gasteiger partial charge in [0.1, 0.15) is 24.2 Å². The fourth-order valence-corrected chi connectivity index (χ4v) is 7.15. The minimum absolute atomic E-state index is 0.0627. The van der Waals surface area contributed by atoms with Crippen LogP contribution in [0.4, 0.5) is 0 Å². The first-order valence-corrected chi connectivity index (χ1v) is 15.3. The summed E-state index contributed by atoms with van der Waals surface area (Å²) >= 11 is 1.32. The molecule has 1 fully saturated rings. The van der Waals surface area contributed by atoms with E-state index in [1.807, 2.05) is 24.3 Å². The summed E-state index contributed by atoms with van der Waals surface area (Å²) in [5.74, 6) is 1.95. The number of ether oxygens (including phenoxy) is 2. The number of aromatic nitrogens is 1. The summed E-state index contributed by atoms with van der Waals surface area (Å²) in [4.78, 5) is 12.3. The van der Waals surface area contributed by atoms with E-state index in [9.17, 15) is 13.2 Å². The van der Waals surface area contributed by atoms with Crippen molar-refractivity contribution in [3.05, 3.63) is 93.3 Å². The molecule has 38 heavy (non-hydrogen) atoms. The topological polar surface area (TPSA) is 85.5 Å². The predicted molar refractivity (Wildman–Crippen MR) is 153 cm³/mol. The van der Waals surface area contributed by atoms with Crippen molar-refractivity contribution in [2.45, 2.75) is 46.3 Å². The molecule has 8 heteroatoms. The second-order valence-electron chi connectivity index (χ2n) is 9.88. The maximum atomic E-state index is 11.7. The molecule has 0 unspecified atom stereocenters. The smallest absolute Gasteiger partial charge is 0.258 e. The zero-order valence-corrected chi connectivity index (χ0v) is 23.4. The largest absolute Gasteiger partial charge is 0.490 e. The Morgan fingerprint density at radius 1 is 0.921 bits per heavy atom. The zero-order valence-electron chi connectivity index (χ0n) is 21.7. The van der Waals surface area contributed by atoms with Crippen LogP contribution >= 0.6 is 11.5 Å². The van der Waals surface area contributed by atoms with E-state index in [1.165, 1.54) is 22.7 Å². The quantitative estimate of drug-likeness (QED) is 0.295. The van der Waals surface area contributed by atoms with E-state index >= 15 is 0 Å². The molecule has 0 bridgehead atoms. The summed E-state index contributed by atoms with van der Waals surface area (Å²) < 4.78 is 38.5. The molecule has 0 amide bonds. The average Bonchev–Trinajstić information content (AvgIpc) is 3.32. The highest BCUT2D eigenvalue weighted by Gasteiger charge is 2.25. The van der Waals surface area contributed by atoms with Gasteiger partial charge in [0, 0.05) is 6.07 Å². The SMILES string of the molecule is Cc1cc(OC2CCS(=O)(=O)CC2)cc(C)c1-c1cccc(COc2ccc(-c3cc(=O)[nH]s3)cc2)c1C. The van der Waals surface area contributed by atoms with E-state index in [1.54, 1.807) is 6.07 Å². The molecule has 2 heterocycles. The molecule has 198 valence electrons. The number of benzene rings is 3. The van der Waals surface area contributed by atoms with E-state index in [2.05, 4.69) is 55.5 Å². The van der Waals surface area contributed by atoms with Crippen LogP contribution in [-0.4, -0.2) is 30.4 Å². The third kappa shape index (κ3) is 5.87. The fraction of sp³-hybridized carbons (Fsp3) is 0.300. The third-order valence-corrected chi connectivity index (χ3v) is 9.68. The monoisotopic (exact) mass is 549 g/mol. The Kier molecular flexibility index (Phi) is 7.45. The van der Waals surface area contributed by atoms with Gasteiger partial charge in [0.25, 0.3) is 5.56 Å². The molecule has 1 aliphatic heterocycles. The van der Waals surface area contributed by atoms with E-state index in [0.29, 0.717) is 19.4 Å². The molecule has 5 rings (SSSR count). The summed E-state index contributed by atoms with van der Waals surface area (Å²) in [6.45, 7) is 6.74. The van der Waals surface area contributed by atoms with Gasteiger partial charge in [-0.1, -0.05) is 29.7 Å². The van der Waals surface area contributed by atoms with Gasteiger partial charge in [-0.15, -0.1) is 0 Å². The Morgan fingerprint density at radius 3 is 2.24 bits per heavy atom. The number of aryl methyl sites for hydroxylation is 2. The average molecular weight is 550 g/mol. The van der Waals surface area contributed by atoms with Gasteiger partial charge < -0.3 is 9.47 Å². The molecule has 0 spiro atoms. The number of H-pyrrole nitrogens is 1. The first-order valence-electron chi connectivity index (χ1n) is 12.7. The van der Waals surface area contributed by atoms with Gasteiger partial charge in [0.05, 0.1) is 16.4 Å². The summed E-state index contributed by atoms with van der Waals surface area (Å²) in [5, 5.41) is 0. The van der Waals surface area contributed by atoms with E-state index in [4.69, 9.17) is 9.47 Å². The summed E-state index contributed by atoms with van der Waals surface area (Å²) in [5.41, 5.74) is 7.74. The molecule has 0 atom stereocenters. The maximum Gasteiger partial charge on any atom is 0.258 e. The molecular formula is C30H31NO5S2. The Labute approximate surface area is 227 Å². The van der Waals surface area contributed by atoms with Crippen LogP contribution in [0.15, 0.2) is 65.5 Å². The highest BCUT2D eigenvalue weighted by atomic mass is 32.2. The lowest BCUT2D eigenvalue weighted by Gasteiger charge is -2.24. The highest BCUT2D eigenvalue weighted by molar-refractivity contribution is 7.91. The second kappa shape index (κ2) is 10.8. The van der Waals surface area contributed by atoms with Gasteiger partial charge >= 0.3 is 0 Å². The van der Waals surface area contributed by atoms with Crippen molar-refractivity contribution >= 4 is 21.4 Å². The van der Waals surface area contributed by atoms with E-state index in [0.717, 1.165) is 44.2 Å². The summed E-state index contributed by atoms with van der Waals surface area (Å²) in [6, 6.07) is 19.8. The zero-order chi connectivity index (χ0) is 26.9. The fourth-order valence-electron chi connectivity index (χ4n) is 5.01. The van der Waals surface area contributed by atoms with Gasteiger partial charge in [0.2, 0.25) is 0 Å². The molecular weight excluding hydrogens is 518 g/mol. The van der Waals surface area contributed by atoms with Crippen LogP contribution in [-0.2, 0) is 16.4 Å². The van der Waals surface area contributed by atoms with Gasteiger partial charge in [-0.05, 0) is 109 Å². The Bertz CT molecular complexity index is 1580. The van der Waals surface area contributed by atoms with Crippen molar-refractivity contribution in [2.24, 2.45) is 0 Å². The van der Waals surface area contributed by atoms with Crippen molar-refractivity contribution in [2.75, 3.05) is 11.5 Å². The predicted octanol–water partition coefficient (Wildman–Crippen LogP) is 6.23. The number of aromatic amines is 1. The molecule has 1 saturated heterocycles. The van der Waals surface area contributed by atoms with Crippen LogP contribution in [0.2, 0.25) is 0 Å². The number of hydrogen-bond acceptors (Lipinski definition) is 6. The van der Waals surface area contributed by atoms with Crippen LogP contribution in [0, 0.1) is 20.8 Å². The molecule has 1 aliphatic rings. The van der Waals surface area contributed by atoms with Gasteiger partial charge in [-0.2, -0.15) is 0 Å². The first kappa shape index (κ1) is 26.3. The van der Waals surface area contributed by atoms with Crippen LogP contribution in [0.3, 0.4) is 0 Å². The van der Waals surface area contributed by atoms with Crippen molar-refractivity contribution in [1.29, 1.82) is 0 Å². The third-order valence-electron chi connectivity index (χ3n) is 7.08. The minimum Gasteiger partial charge on any atom is -0.490 e.